The highest BCUT2D eigenvalue weighted by molar-refractivity contribution is 5.93. The Morgan fingerprint density at radius 2 is 1.89 bits per heavy atom. The summed E-state index contributed by atoms with van der Waals surface area (Å²) < 4.78 is 1.87. The molecule has 1 atom stereocenters. The molecule has 0 aromatic carbocycles. The number of nitrogens with two attached hydrogens (primary N) is 1. The van der Waals surface area contributed by atoms with Gasteiger partial charge in [-0.15, -0.1) is 17.5 Å². The first-order valence-electron chi connectivity index (χ1n) is 9.78. The van der Waals surface area contributed by atoms with E-state index >= 15 is 0 Å². The second kappa shape index (κ2) is 10.0. The van der Waals surface area contributed by atoms with E-state index in [9.17, 15) is 9.59 Å². The minimum Gasteiger partial charge on any atom is -0.370 e. The standard InChI is InChI=1S/C18H30N6O2.ClH/c1-12-17(22-23-24(12)14-7-9-20-10-8-14)18(26)21-15(11-16(19)25)13-5-3-2-4-6-13;/h13-15,20H,2-11H2,1H3,(H2,19,25)(H,21,26);1H. The number of carbonyl (C=O) groups is 2. The Morgan fingerprint density at radius 3 is 2.52 bits per heavy atom. The molecule has 3 rings (SSSR count). The van der Waals surface area contributed by atoms with Gasteiger partial charge in [0.1, 0.15) is 0 Å². The first kappa shape index (κ1) is 21.6. The van der Waals surface area contributed by atoms with Crippen LogP contribution < -0.4 is 16.4 Å². The molecule has 1 aliphatic carbocycles. The van der Waals surface area contributed by atoms with Gasteiger partial charge in [0.2, 0.25) is 5.91 Å². The zero-order valence-electron chi connectivity index (χ0n) is 15.9. The molecule has 0 spiro atoms. The third-order valence-corrected chi connectivity index (χ3v) is 5.75. The van der Waals surface area contributed by atoms with Crippen molar-refractivity contribution < 1.29 is 9.59 Å². The lowest BCUT2D eigenvalue weighted by atomic mass is 9.82. The van der Waals surface area contributed by atoms with Crippen LogP contribution in [-0.4, -0.2) is 45.9 Å². The molecule has 1 unspecified atom stereocenters. The van der Waals surface area contributed by atoms with E-state index in [1.165, 1.54) is 6.42 Å². The maximum atomic E-state index is 12.8. The summed E-state index contributed by atoms with van der Waals surface area (Å²) >= 11 is 0. The molecule has 8 nitrogen and oxygen atoms in total. The third kappa shape index (κ3) is 5.42. The summed E-state index contributed by atoms with van der Waals surface area (Å²) in [5.74, 6) is -0.324. The van der Waals surface area contributed by atoms with Gasteiger partial charge in [0, 0.05) is 12.5 Å². The Bertz CT molecular complexity index is 638. The fourth-order valence-electron chi connectivity index (χ4n) is 4.27. The van der Waals surface area contributed by atoms with Crippen molar-refractivity contribution in [1.82, 2.24) is 25.6 Å². The van der Waals surface area contributed by atoms with E-state index in [0.29, 0.717) is 11.6 Å². The Labute approximate surface area is 166 Å². The fourth-order valence-corrected chi connectivity index (χ4v) is 4.27. The van der Waals surface area contributed by atoms with Gasteiger partial charge in [-0.2, -0.15) is 0 Å². The Hall–Kier alpha value is -1.67. The molecule has 2 aliphatic rings. The van der Waals surface area contributed by atoms with E-state index in [2.05, 4.69) is 20.9 Å². The molecule has 9 heteroatoms. The van der Waals surface area contributed by atoms with Gasteiger partial charge in [-0.1, -0.05) is 24.5 Å². The number of nitrogens with zero attached hydrogens (tertiary/aromatic N) is 3. The summed E-state index contributed by atoms with van der Waals surface area (Å²) in [4.78, 5) is 24.3. The van der Waals surface area contributed by atoms with Crippen LogP contribution in [0.5, 0.6) is 0 Å². The fraction of sp³-hybridized carbons (Fsp3) is 0.778. The molecule has 2 amide bonds. The number of piperidine rings is 1. The van der Waals surface area contributed by atoms with Gasteiger partial charge in [0.05, 0.1) is 11.7 Å². The second-order valence-electron chi connectivity index (χ2n) is 7.60. The number of hydrogen-bond acceptors (Lipinski definition) is 5. The number of primary amides is 1. The lowest BCUT2D eigenvalue weighted by molar-refractivity contribution is -0.118. The first-order valence-corrected chi connectivity index (χ1v) is 9.78. The summed E-state index contributed by atoms with van der Waals surface area (Å²) in [7, 11) is 0. The number of nitrogens with one attached hydrogen (secondary N) is 2. The molecule has 2 fully saturated rings. The third-order valence-electron chi connectivity index (χ3n) is 5.75. The molecule has 4 N–H and O–H groups in total. The number of halogens is 1. The van der Waals surface area contributed by atoms with Crippen LogP contribution in [0, 0.1) is 12.8 Å². The van der Waals surface area contributed by atoms with Gasteiger partial charge < -0.3 is 16.4 Å². The number of aromatic nitrogens is 3. The van der Waals surface area contributed by atoms with Crippen molar-refractivity contribution >= 4 is 24.2 Å². The van der Waals surface area contributed by atoms with E-state index in [4.69, 9.17) is 5.73 Å². The molecular weight excluding hydrogens is 368 g/mol. The van der Waals surface area contributed by atoms with Crippen LogP contribution in [0.2, 0.25) is 0 Å². The highest BCUT2D eigenvalue weighted by Gasteiger charge is 2.29. The molecule has 0 radical (unpaired) electrons. The van der Waals surface area contributed by atoms with Gasteiger partial charge in [0.25, 0.3) is 5.91 Å². The quantitative estimate of drug-likeness (QED) is 0.671. The highest BCUT2D eigenvalue weighted by Crippen LogP contribution is 2.28. The number of carbonyl (C=O) groups excluding carboxylic acids is 2. The predicted molar refractivity (Wildman–Crippen MR) is 105 cm³/mol. The van der Waals surface area contributed by atoms with Crippen molar-refractivity contribution in [2.45, 2.75) is 70.4 Å². The van der Waals surface area contributed by atoms with Crippen LogP contribution in [0.4, 0.5) is 0 Å². The van der Waals surface area contributed by atoms with Crippen LogP contribution >= 0.6 is 12.4 Å². The largest absolute Gasteiger partial charge is 0.370 e. The van der Waals surface area contributed by atoms with Crippen LogP contribution in [0.3, 0.4) is 0 Å². The minimum atomic E-state index is -0.379. The number of rotatable bonds is 6. The van der Waals surface area contributed by atoms with Gasteiger partial charge >= 0.3 is 0 Å². The topological polar surface area (TPSA) is 115 Å². The van der Waals surface area contributed by atoms with Crippen molar-refractivity contribution in [2.24, 2.45) is 11.7 Å². The van der Waals surface area contributed by atoms with Crippen molar-refractivity contribution in [2.75, 3.05) is 13.1 Å². The van der Waals surface area contributed by atoms with Crippen LogP contribution in [0.25, 0.3) is 0 Å². The summed E-state index contributed by atoms with van der Waals surface area (Å²) in [6, 6.07) is 0.0637. The van der Waals surface area contributed by atoms with E-state index in [1.54, 1.807) is 0 Å². The zero-order valence-corrected chi connectivity index (χ0v) is 16.8. The number of amides is 2. The van der Waals surface area contributed by atoms with E-state index in [0.717, 1.165) is 57.3 Å². The van der Waals surface area contributed by atoms with Crippen molar-refractivity contribution in [3.8, 4) is 0 Å². The summed E-state index contributed by atoms with van der Waals surface area (Å²) in [5.41, 5.74) is 6.56. The van der Waals surface area contributed by atoms with E-state index < -0.39 is 0 Å². The van der Waals surface area contributed by atoms with Crippen LogP contribution in [0.15, 0.2) is 0 Å². The molecule has 1 saturated carbocycles. The number of hydrogen-bond donors (Lipinski definition) is 3. The monoisotopic (exact) mass is 398 g/mol. The molecule has 2 heterocycles. The maximum absolute atomic E-state index is 12.8. The van der Waals surface area contributed by atoms with Crippen LogP contribution in [0.1, 0.15) is 73.6 Å². The van der Waals surface area contributed by atoms with E-state index in [-0.39, 0.29) is 42.7 Å². The summed E-state index contributed by atoms with van der Waals surface area (Å²) in [5, 5.41) is 14.7. The second-order valence-corrected chi connectivity index (χ2v) is 7.60. The average Bonchev–Trinajstić information content (AvgIpc) is 3.04. The molecule has 1 aromatic rings. The van der Waals surface area contributed by atoms with Crippen molar-refractivity contribution in [3.05, 3.63) is 11.4 Å². The van der Waals surface area contributed by atoms with Crippen molar-refractivity contribution in [3.63, 3.8) is 0 Å². The molecule has 0 bridgehead atoms. The van der Waals surface area contributed by atoms with Gasteiger partial charge in [-0.05, 0) is 51.6 Å². The Kier molecular flexibility index (Phi) is 8.04. The Morgan fingerprint density at radius 1 is 1.22 bits per heavy atom. The molecule has 1 aromatic heterocycles. The lowest BCUT2D eigenvalue weighted by Gasteiger charge is -2.30. The van der Waals surface area contributed by atoms with Gasteiger partial charge in [0.15, 0.2) is 5.69 Å². The van der Waals surface area contributed by atoms with Gasteiger partial charge in [-0.25, -0.2) is 4.68 Å². The molecule has 1 aliphatic heterocycles. The molecular formula is C18H31ClN6O2. The first-order chi connectivity index (χ1) is 12.6. The Balaban J connectivity index is 0.00000261. The molecule has 152 valence electrons. The molecule has 27 heavy (non-hydrogen) atoms. The van der Waals surface area contributed by atoms with Crippen LogP contribution in [-0.2, 0) is 4.79 Å². The summed E-state index contributed by atoms with van der Waals surface area (Å²) in [6.07, 6.45) is 7.70. The zero-order chi connectivity index (χ0) is 18.5. The predicted octanol–water partition coefficient (Wildman–Crippen LogP) is 1.49. The maximum Gasteiger partial charge on any atom is 0.273 e. The summed E-state index contributed by atoms with van der Waals surface area (Å²) in [6.45, 7) is 3.79. The average molecular weight is 399 g/mol. The normalized spacial score (nSPS) is 19.9. The lowest BCUT2D eigenvalue weighted by Crippen LogP contribution is -2.44. The van der Waals surface area contributed by atoms with E-state index in [1.807, 2.05) is 11.6 Å². The highest BCUT2D eigenvalue weighted by atomic mass is 35.5. The van der Waals surface area contributed by atoms with Crippen molar-refractivity contribution in [1.29, 1.82) is 0 Å². The minimum absolute atomic E-state index is 0. The van der Waals surface area contributed by atoms with Gasteiger partial charge in [-0.3, -0.25) is 9.59 Å². The molecule has 1 saturated heterocycles. The SMILES string of the molecule is Cc1c(C(=O)NC(CC(N)=O)C2CCCCC2)nnn1C1CCNCC1.Cl. The smallest absolute Gasteiger partial charge is 0.273 e.